The molecular weight excluding hydrogens is 615 g/mol. The summed E-state index contributed by atoms with van der Waals surface area (Å²) in [5, 5.41) is 7.47. The van der Waals surface area contributed by atoms with Crippen LogP contribution in [0.4, 0.5) is 17.1 Å². The minimum atomic E-state index is 0.892. The van der Waals surface area contributed by atoms with E-state index in [1.165, 1.54) is 53.2 Å². The molecule has 0 aliphatic rings. The second-order valence-corrected chi connectivity index (χ2v) is 13.5. The summed E-state index contributed by atoms with van der Waals surface area (Å²) >= 11 is 1.90. The molecular formula is C46H29NOS. The first-order chi connectivity index (χ1) is 24.3. The quantitative estimate of drug-likeness (QED) is 0.186. The van der Waals surface area contributed by atoms with E-state index in [-0.39, 0.29) is 0 Å². The van der Waals surface area contributed by atoms with E-state index < -0.39 is 0 Å². The van der Waals surface area contributed by atoms with Crippen LogP contribution < -0.4 is 4.90 Å². The van der Waals surface area contributed by atoms with Gasteiger partial charge in [-0.15, -0.1) is 11.3 Å². The van der Waals surface area contributed by atoms with Crippen LogP contribution in [-0.4, -0.2) is 0 Å². The molecule has 10 rings (SSSR count). The van der Waals surface area contributed by atoms with Gasteiger partial charge in [-0.1, -0.05) is 127 Å². The van der Waals surface area contributed by atoms with Gasteiger partial charge in [-0.05, 0) is 81.6 Å². The van der Waals surface area contributed by atoms with Crippen LogP contribution >= 0.6 is 11.3 Å². The first-order valence-electron chi connectivity index (χ1n) is 16.6. The minimum Gasteiger partial charge on any atom is -0.456 e. The molecule has 230 valence electrons. The van der Waals surface area contributed by atoms with Gasteiger partial charge in [0.1, 0.15) is 11.2 Å². The molecule has 0 fully saturated rings. The molecule has 0 aliphatic heterocycles. The van der Waals surface area contributed by atoms with Crippen molar-refractivity contribution in [2.24, 2.45) is 0 Å². The number of rotatable bonds is 5. The van der Waals surface area contributed by atoms with Crippen LogP contribution in [-0.2, 0) is 0 Å². The molecule has 10 aromatic rings. The summed E-state index contributed by atoms with van der Waals surface area (Å²) in [5.74, 6) is 0. The van der Waals surface area contributed by atoms with Crippen LogP contribution in [0, 0.1) is 0 Å². The summed E-state index contributed by atoms with van der Waals surface area (Å²) in [6, 6.07) is 63.1. The zero-order valence-electron chi connectivity index (χ0n) is 26.5. The lowest BCUT2D eigenvalue weighted by Crippen LogP contribution is -2.09. The Bertz CT molecular complexity index is 2810. The monoisotopic (exact) mass is 643 g/mol. The van der Waals surface area contributed by atoms with Gasteiger partial charge in [0.15, 0.2) is 0 Å². The van der Waals surface area contributed by atoms with Crippen molar-refractivity contribution < 1.29 is 4.42 Å². The molecule has 0 saturated carbocycles. The maximum Gasteiger partial charge on any atom is 0.135 e. The van der Waals surface area contributed by atoms with Gasteiger partial charge in [0.05, 0.1) is 0 Å². The molecule has 0 N–H and O–H groups in total. The van der Waals surface area contributed by atoms with Crippen LogP contribution in [0.1, 0.15) is 0 Å². The van der Waals surface area contributed by atoms with E-state index in [1.54, 1.807) is 0 Å². The maximum atomic E-state index is 6.19. The summed E-state index contributed by atoms with van der Waals surface area (Å²) in [4.78, 5) is 2.34. The SMILES string of the molecule is c1ccc(-c2ccc(N(c3ccc(-c4cccc5c4sc4c6ccccc6ccc54)cc3)c3ccc4oc5ccccc5c4c3)cc2)cc1. The molecule has 0 unspecified atom stereocenters. The molecule has 0 amide bonds. The number of anilines is 3. The second kappa shape index (κ2) is 11.2. The first-order valence-corrected chi connectivity index (χ1v) is 17.4. The molecule has 2 aromatic heterocycles. The Morgan fingerprint density at radius 3 is 1.80 bits per heavy atom. The van der Waals surface area contributed by atoms with E-state index >= 15 is 0 Å². The zero-order valence-corrected chi connectivity index (χ0v) is 27.3. The fraction of sp³-hybridized carbons (Fsp3) is 0. The van der Waals surface area contributed by atoms with Crippen molar-refractivity contribution in [2.75, 3.05) is 4.90 Å². The lowest BCUT2D eigenvalue weighted by molar-refractivity contribution is 0.669. The summed E-state index contributed by atoms with van der Waals surface area (Å²) < 4.78 is 8.87. The van der Waals surface area contributed by atoms with Crippen molar-refractivity contribution in [1.29, 1.82) is 0 Å². The van der Waals surface area contributed by atoms with Crippen LogP contribution in [0.3, 0.4) is 0 Å². The van der Waals surface area contributed by atoms with Gasteiger partial charge in [-0.3, -0.25) is 0 Å². The number of hydrogen-bond acceptors (Lipinski definition) is 3. The number of benzene rings is 8. The number of thiophene rings is 1. The highest BCUT2D eigenvalue weighted by Crippen LogP contribution is 2.44. The van der Waals surface area contributed by atoms with Crippen molar-refractivity contribution in [3.05, 3.63) is 176 Å². The van der Waals surface area contributed by atoms with Crippen molar-refractivity contribution in [3.8, 4) is 22.3 Å². The van der Waals surface area contributed by atoms with Crippen LogP contribution in [0.15, 0.2) is 180 Å². The number of furan rings is 1. The third-order valence-electron chi connectivity index (χ3n) is 9.68. The Morgan fingerprint density at radius 2 is 0.980 bits per heavy atom. The summed E-state index contributed by atoms with van der Waals surface area (Å²) in [5.41, 5.74) is 9.94. The van der Waals surface area contributed by atoms with E-state index in [9.17, 15) is 0 Å². The Morgan fingerprint density at radius 1 is 0.367 bits per heavy atom. The van der Waals surface area contributed by atoms with Crippen molar-refractivity contribution in [3.63, 3.8) is 0 Å². The molecule has 0 radical (unpaired) electrons. The molecule has 0 saturated heterocycles. The van der Waals surface area contributed by atoms with Gasteiger partial charge in [-0.25, -0.2) is 0 Å². The molecule has 2 nitrogen and oxygen atoms in total. The van der Waals surface area contributed by atoms with E-state index in [0.717, 1.165) is 39.0 Å². The molecule has 0 atom stereocenters. The summed E-state index contributed by atoms with van der Waals surface area (Å²) in [6.07, 6.45) is 0. The highest BCUT2D eigenvalue weighted by Gasteiger charge is 2.17. The number of hydrogen-bond donors (Lipinski definition) is 0. The molecule has 0 aliphatic carbocycles. The van der Waals surface area contributed by atoms with Gasteiger partial charge in [-0.2, -0.15) is 0 Å². The fourth-order valence-electron chi connectivity index (χ4n) is 7.28. The molecule has 2 heterocycles. The van der Waals surface area contributed by atoms with Gasteiger partial charge in [0, 0.05) is 48.0 Å². The van der Waals surface area contributed by atoms with Crippen molar-refractivity contribution in [2.45, 2.75) is 0 Å². The average molecular weight is 644 g/mol. The smallest absolute Gasteiger partial charge is 0.135 e. The molecule has 0 bridgehead atoms. The van der Waals surface area contributed by atoms with E-state index in [4.69, 9.17) is 4.42 Å². The van der Waals surface area contributed by atoms with Crippen LogP contribution in [0.2, 0.25) is 0 Å². The third-order valence-corrected chi connectivity index (χ3v) is 11.0. The van der Waals surface area contributed by atoms with Gasteiger partial charge in [0.2, 0.25) is 0 Å². The Labute approximate surface area is 287 Å². The molecule has 49 heavy (non-hydrogen) atoms. The lowest BCUT2D eigenvalue weighted by Gasteiger charge is -2.26. The van der Waals surface area contributed by atoms with Gasteiger partial charge >= 0.3 is 0 Å². The highest BCUT2D eigenvalue weighted by atomic mass is 32.1. The highest BCUT2D eigenvalue weighted by molar-refractivity contribution is 7.27. The van der Waals surface area contributed by atoms with Gasteiger partial charge < -0.3 is 9.32 Å². The Hall–Kier alpha value is -6.16. The first kappa shape index (κ1) is 27.9. The standard InChI is InChI=1S/C46H29NOS/c1-2-9-30(10-3-1)31-17-22-34(23-18-31)47(36-26-28-44-42(29-36)39-13-6-7-16-43(39)48-44)35-24-19-33(20-25-35)38-14-8-15-40-41-27-21-32-11-4-5-12-37(32)46(41)49-45(38)40/h1-29H. The largest absolute Gasteiger partial charge is 0.456 e. The molecule has 8 aromatic carbocycles. The normalized spacial score (nSPS) is 11.7. The number of para-hydroxylation sites is 1. The fourth-order valence-corrected chi connectivity index (χ4v) is 8.65. The van der Waals surface area contributed by atoms with E-state index in [0.29, 0.717) is 0 Å². The number of fused-ring (bicyclic) bond motifs is 8. The Balaban J connectivity index is 1.10. The van der Waals surface area contributed by atoms with Crippen molar-refractivity contribution in [1.82, 2.24) is 0 Å². The van der Waals surface area contributed by atoms with E-state index in [2.05, 4.69) is 169 Å². The summed E-state index contributed by atoms with van der Waals surface area (Å²) in [7, 11) is 0. The van der Waals surface area contributed by atoms with Crippen molar-refractivity contribution >= 4 is 81.3 Å². The topological polar surface area (TPSA) is 16.4 Å². The minimum absolute atomic E-state index is 0.892. The maximum absolute atomic E-state index is 6.19. The van der Waals surface area contributed by atoms with Crippen LogP contribution in [0.25, 0.3) is 75.1 Å². The predicted octanol–water partition coefficient (Wildman–Crippen LogP) is 13.9. The zero-order chi connectivity index (χ0) is 32.3. The van der Waals surface area contributed by atoms with E-state index in [1.807, 2.05) is 23.5 Å². The summed E-state index contributed by atoms with van der Waals surface area (Å²) in [6.45, 7) is 0. The lowest BCUT2D eigenvalue weighted by atomic mass is 10.0. The number of nitrogens with zero attached hydrogens (tertiary/aromatic N) is 1. The molecule has 3 heteroatoms. The Kier molecular flexibility index (Phi) is 6.39. The van der Waals surface area contributed by atoms with Crippen LogP contribution in [0.5, 0.6) is 0 Å². The predicted molar refractivity (Wildman–Crippen MR) is 210 cm³/mol. The second-order valence-electron chi connectivity index (χ2n) is 12.5. The third kappa shape index (κ3) is 4.62. The average Bonchev–Trinajstić information content (AvgIpc) is 3.75. The van der Waals surface area contributed by atoms with Gasteiger partial charge in [0.25, 0.3) is 0 Å². The molecule has 0 spiro atoms.